The van der Waals surface area contributed by atoms with E-state index in [0.29, 0.717) is 16.7 Å². The highest BCUT2D eigenvalue weighted by Gasteiger charge is 2.25. The number of halogens is 2. The lowest BCUT2D eigenvalue weighted by molar-refractivity contribution is 0.118. The molecule has 11 nitrogen and oxygen atoms in total. The molecule has 2 N–H and O–H groups in total. The van der Waals surface area contributed by atoms with Crippen LogP contribution in [0.25, 0.3) is 5.69 Å². The van der Waals surface area contributed by atoms with Crippen LogP contribution in [0, 0.1) is 16.8 Å². The van der Waals surface area contributed by atoms with E-state index in [0.717, 1.165) is 36.1 Å². The Bertz CT molecular complexity index is 1460. The van der Waals surface area contributed by atoms with Gasteiger partial charge in [-0.1, -0.05) is 19.1 Å². The van der Waals surface area contributed by atoms with E-state index in [1.165, 1.54) is 34.8 Å². The van der Waals surface area contributed by atoms with Crippen LogP contribution in [0.1, 0.15) is 31.7 Å². The fourth-order valence-electron chi connectivity index (χ4n) is 4.13. The normalized spacial score (nSPS) is 13.8. The minimum absolute atomic E-state index is 0.0642. The predicted octanol–water partition coefficient (Wildman–Crippen LogP) is 2.96. The summed E-state index contributed by atoms with van der Waals surface area (Å²) in [4.78, 5) is 13.2. The van der Waals surface area contributed by atoms with Crippen LogP contribution < -0.4 is 20.7 Å². The molecule has 0 amide bonds. The molecule has 0 radical (unpaired) electrons. The summed E-state index contributed by atoms with van der Waals surface area (Å²) in [6.45, 7) is 1.36. The molecule has 40 heavy (non-hydrogen) atoms. The van der Waals surface area contributed by atoms with Gasteiger partial charge in [-0.3, -0.25) is 4.79 Å². The molecule has 0 saturated heterocycles. The Balaban J connectivity index is 1.48. The summed E-state index contributed by atoms with van der Waals surface area (Å²) in [5.41, 5.74) is 0.115. The Hall–Kier alpha value is -3.59. The van der Waals surface area contributed by atoms with Gasteiger partial charge >= 0.3 is 5.56 Å². The first-order chi connectivity index (χ1) is 19.1. The zero-order valence-electron chi connectivity index (χ0n) is 21.8. The number of aromatic nitrogens is 2. The summed E-state index contributed by atoms with van der Waals surface area (Å²) < 4.78 is 61.7. The van der Waals surface area contributed by atoms with E-state index in [2.05, 4.69) is 10.4 Å². The van der Waals surface area contributed by atoms with Crippen LogP contribution in [0.15, 0.2) is 53.5 Å². The van der Waals surface area contributed by atoms with Crippen LogP contribution in [-0.4, -0.2) is 60.1 Å². The third kappa shape index (κ3) is 6.94. The molecule has 1 aliphatic carbocycles. The highest BCUT2D eigenvalue weighted by molar-refractivity contribution is 7.88. The van der Waals surface area contributed by atoms with Gasteiger partial charge in [-0.25, -0.2) is 21.5 Å². The van der Waals surface area contributed by atoms with Crippen molar-refractivity contribution in [3.63, 3.8) is 0 Å². The van der Waals surface area contributed by atoms with Crippen molar-refractivity contribution in [2.24, 2.45) is 0 Å². The Labute approximate surface area is 230 Å². The molecular formula is C26H30F2N5O6S-. The summed E-state index contributed by atoms with van der Waals surface area (Å²) in [7, 11) is -3.73. The van der Waals surface area contributed by atoms with E-state index in [1.54, 1.807) is 6.92 Å². The highest BCUT2D eigenvalue weighted by atomic mass is 32.2. The van der Waals surface area contributed by atoms with E-state index in [-0.39, 0.29) is 54.3 Å². The van der Waals surface area contributed by atoms with Gasteiger partial charge in [-0.05, 0) is 49.1 Å². The number of aliphatic hydroxyl groups excluding tert-OH is 1. The summed E-state index contributed by atoms with van der Waals surface area (Å²) in [6, 6.07) is 8.54. The number of sulfonamides is 1. The average Bonchev–Trinajstić information content (AvgIpc) is 2.88. The molecule has 1 heterocycles. The molecule has 0 atom stereocenters. The van der Waals surface area contributed by atoms with Crippen molar-refractivity contribution in [1.29, 1.82) is 0 Å². The summed E-state index contributed by atoms with van der Waals surface area (Å²) in [5, 5.41) is 27.9. The Morgan fingerprint density at radius 1 is 1.18 bits per heavy atom. The second-order valence-electron chi connectivity index (χ2n) is 9.26. The zero-order valence-corrected chi connectivity index (χ0v) is 22.6. The van der Waals surface area contributed by atoms with E-state index in [1.807, 2.05) is 0 Å². The number of nitrogens with zero attached hydrogens (tertiary/aromatic N) is 4. The molecule has 14 heteroatoms. The fourth-order valence-corrected chi connectivity index (χ4v) is 5.69. The molecule has 1 aliphatic rings. The van der Waals surface area contributed by atoms with Crippen molar-refractivity contribution in [2.45, 2.75) is 38.0 Å². The Kier molecular flexibility index (Phi) is 9.35. The van der Waals surface area contributed by atoms with Gasteiger partial charge in [-0.2, -0.15) is 9.78 Å². The molecule has 1 saturated carbocycles. The second kappa shape index (κ2) is 12.7. The number of hydrogen-bond donors (Lipinski definition) is 2. The van der Waals surface area contributed by atoms with Gasteiger partial charge in [0.25, 0.3) is 0 Å². The van der Waals surface area contributed by atoms with Crippen LogP contribution >= 0.6 is 0 Å². The van der Waals surface area contributed by atoms with Crippen LogP contribution in [0.3, 0.4) is 0 Å². The molecule has 1 fully saturated rings. The number of hydrogen-bond acceptors (Lipinski definition) is 9. The molecular weight excluding hydrogens is 548 g/mol. The van der Waals surface area contributed by atoms with Crippen molar-refractivity contribution in [3.05, 3.63) is 81.4 Å². The zero-order chi connectivity index (χ0) is 28.9. The van der Waals surface area contributed by atoms with Crippen LogP contribution in [-0.2, 0) is 15.8 Å². The number of likely N-dealkylation sites (N-methyl/N-ethyl adjacent to an activating group) is 1. The SMILES string of the molecule is CCN(CCNc1cnn(-c2cc(F)cc(F)c2)c(=O)c1OC1CCC1)S(=O)(=O)Cc1ccc(N([O-])CO)cc1. The van der Waals surface area contributed by atoms with Gasteiger partial charge in [0.2, 0.25) is 15.8 Å². The highest BCUT2D eigenvalue weighted by Crippen LogP contribution is 2.28. The number of benzene rings is 2. The standard InChI is InChI=1S/C26H30F2N5O6S/c1-2-31(40(37,38)16-18-6-8-21(9-7-18)32(36)17-34)11-10-29-24-15-30-33(22-13-19(27)12-20(28)14-22)26(35)25(24)39-23-4-3-5-23/h6-9,12-15,23,29,34H,2-5,10-11,16-17H2,1H3/q-1. The minimum Gasteiger partial charge on any atom is -0.757 e. The monoisotopic (exact) mass is 578 g/mol. The van der Waals surface area contributed by atoms with Crippen molar-refractivity contribution < 1.29 is 27.0 Å². The quantitative estimate of drug-likeness (QED) is 0.231. The van der Waals surface area contributed by atoms with Crippen LogP contribution in [0.5, 0.6) is 5.75 Å². The number of hydroxylamine groups is 1. The lowest BCUT2D eigenvalue weighted by Crippen LogP contribution is -2.36. The Morgan fingerprint density at radius 3 is 2.42 bits per heavy atom. The molecule has 1 aromatic heterocycles. The Morgan fingerprint density at radius 2 is 1.85 bits per heavy atom. The van der Waals surface area contributed by atoms with Gasteiger partial charge < -0.3 is 25.4 Å². The third-order valence-electron chi connectivity index (χ3n) is 6.49. The lowest BCUT2D eigenvalue weighted by Gasteiger charge is -2.28. The van der Waals surface area contributed by atoms with Crippen molar-refractivity contribution in [2.75, 3.05) is 36.7 Å². The smallest absolute Gasteiger partial charge is 0.316 e. The summed E-state index contributed by atoms with van der Waals surface area (Å²) in [5.74, 6) is -2.08. The maximum absolute atomic E-state index is 13.8. The van der Waals surface area contributed by atoms with Crippen LogP contribution in [0.2, 0.25) is 0 Å². The first-order valence-corrected chi connectivity index (χ1v) is 14.3. The lowest BCUT2D eigenvalue weighted by atomic mass is 9.96. The van der Waals surface area contributed by atoms with Crippen molar-refractivity contribution in [3.8, 4) is 11.4 Å². The molecule has 0 bridgehead atoms. The fraction of sp³-hybridized carbons (Fsp3) is 0.385. The molecule has 0 unspecified atom stereocenters. The predicted molar refractivity (Wildman–Crippen MR) is 146 cm³/mol. The number of ether oxygens (including phenoxy) is 1. The van der Waals surface area contributed by atoms with Crippen molar-refractivity contribution >= 4 is 21.4 Å². The van der Waals surface area contributed by atoms with Crippen LogP contribution in [0.4, 0.5) is 20.2 Å². The third-order valence-corrected chi connectivity index (χ3v) is 8.41. The number of rotatable bonds is 13. The molecule has 216 valence electrons. The van der Waals surface area contributed by atoms with Crippen molar-refractivity contribution in [1.82, 2.24) is 14.1 Å². The topological polar surface area (TPSA) is 140 Å². The second-order valence-corrected chi connectivity index (χ2v) is 11.2. The molecule has 0 spiro atoms. The van der Waals surface area contributed by atoms with E-state index in [9.17, 15) is 27.2 Å². The first-order valence-electron chi connectivity index (χ1n) is 12.7. The number of nitrogens with one attached hydrogen (secondary N) is 1. The van der Waals surface area contributed by atoms with Gasteiger partial charge in [0.15, 0.2) is 0 Å². The largest absolute Gasteiger partial charge is 0.757 e. The maximum Gasteiger partial charge on any atom is 0.316 e. The average molecular weight is 579 g/mol. The van der Waals surface area contributed by atoms with E-state index in [4.69, 9.17) is 9.84 Å². The molecule has 2 aromatic carbocycles. The molecule has 4 rings (SSSR count). The maximum atomic E-state index is 13.8. The van der Waals surface area contributed by atoms with Gasteiger partial charge in [0, 0.05) is 31.4 Å². The summed E-state index contributed by atoms with van der Waals surface area (Å²) in [6.07, 6.45) is 3.58. The first kappa shape index (κ1) is 29.4. The van der Waals surface area contributed by atoms with E-state index >= 15 is 0 Å². The van der Waals surface area contributed by atoms with Gasteiger partial charge in [-0.15, -0.1) is 0 Å². The molecule has 0 aliphatic heterocycles. The van der Waals surface area contributed by atoms with E-state index < -0.39 is 33.9 Å². The number of aliphatic hydroxyl groups is 1. The molecule has 3 aromatic rings. The minimum atomic E-state index is -3.73. The number of anilines is 2. The summed E-state index contributed by atoms with van der Waals surface area (Å²) >= 11 is 0. The van der Waals surface area contributed by atoms with Gasteiger partial charge in [0.05, 0.1) is 23.7 Å². The van der Waals surface area contributed by atoms with Gasteiger partial charge in [0.1, 0.15) is 24.1 Å².